The summed E-state index contributed by atoms with van der Waals surface area (Å²) in [5.74, 6) is 1.58. The van der Waals surface area contributed by atoms with Gasteiger partial charge in [0.25, 0.3) is 5.91 Å². The van der Waals surface area contributed by atoms with Gasteiger partial charge in [-0.1, -0.05) is 42.5 Å². The summed E-state index contributed by atoms with van der Waals surface area (Å²) in [6.45, 7) is 1.83. The Bertz CT molecular complexity index is 1570. The van der Waals surface area contributed by atoms with Gasteiger partial charge in [0.1, 0.15) is 23.3 Å². The van der Waals surface area contributed by atoms with Crippen LogP contribution in [0.5, 0.6) is 0 Å². The number of amides is 1. The van der Waals surface area contributed by atoms with Crippen molar-refractivity contribution in [2.75, 3.05) is 10.6 Å². The summed E-state index contributed by atoms with van der Waals surface area (Å²) >= 11 is 0. The van der Waals surface area contributed by atoms with Crippen molar-refractivity contribution in [3.05, 3.63) is 108 Å². The minimum absolute atomic E-state index is 0.230. The molecule has 0 unspecified atom stereocenters. The second-order valence-corrected chi connectivity index (χ2v) is 7.83. The zero-order chi connectivity index (χ0) is 24.9. The molecule has 0 fully saturated rings. The maximum absolute atomic E-state index is 13.1. The Morgan fingerprint density at radius 3 is 2.58 bits per heavy atom. The van der Waals surface area contributed by atoms with Gasteiger partial charge in [-0.05, 0) is 37.3 Å². The lowest BCUT2D eigenvalue weighted by molar-refractivity contribution is 0.102. The Morgan fingerprint density at radius 2 is 1.81 bits per heavy atom. The molecule has 0 atom stereocenters. The number of rotatable bonds is 6. The van der Waals surface area contributed by atoms with E-state index in [2.05, 4.69) is 36.8 Å². The third-order valence-corrected chi connectivity index (χ3v) is 5.29. The fraction of sp³-hybridized carbons (Fsp3) is 0.0370. The lowest BCUT2D eigenvalue weighted by Gasteiger charge is -2.11. The van der Waals surface area contributed by atoms with E-state index >= 15 is 0 Å². The Morgan fingerprint density at radius 1 is 0.972 bits per heavy atom. The number of nitrogens with one attached hydrogen (secondary N) is 2. The van der Waals surface area contributed by atoms with E-state index < -0.39 is 5.91 Å². The normalized spacial score (nSPS) is 10.4. The fourth-order valence-electron chi connectivity index (χ4n) is 3.66. The van der Waals surface area contributed by atoms with Crippen LogP contribution in [0.1, 0.15) is 21.7 Å². The van der Waals surface area contributed by atoms with Crippen molar-refractivity contribution in [2.45, 2.75) is 6.92 Å². The molecule has 0 saturated carbocycles. The van der Waals surface area contributed by atoms with Crippen LogP contribution in [-0.2, 0) is 0 Å². The molecular weight excluding hydrogens is 452 g/mol. The number of pyridine rings is 1. The van der Waals surface area contributed by atoms with E-state index in [1.165, 1.54) is 10.9 Å². The van der Waals surface area contributed by atoms with Crippen LogP contribution in [0.2, 0.25) is 0 Å². The monoisotopic (exact) mass is 472 g/mol. The fourth-order valence-corrected chi connectivity index (χ4v) is 3.66. The highest BCUT2D eigenvalue weighted by molar-refractivity contribution is 6.05. The minimum Gasteiger partial charge on any atom is -0.340 e. The molecule has 0 aliphatic carbocycles. The van der Waals surface area contributed by atoms with Crippen molar-refractivity contribution in [1.29, 1.82) is 5.26 Å². The standard InChI is InChI=1S/C27H20N8O/c1-18-31-23(19-8-3-2-4-9-19)15-24(32-18)33-22-11-7-10-20(14-22)27(36)34-26-21(16-28)17-30-35(26)25-12-5-6-13-29-25/h2-15,17H,1H3,(H,34,36)(H,31,32,33). The SMILES string of the molecule is Cc1nc(Nc2cccc(C(=O)Nc3c(C#N)cnn3-c3ccccn3)c2)cc(-c2ccccc2)n1. The lowest BCUT2D eigenvalue weighted by atomic mass is 10.1. The van der Waals surface area contributed by atoms with Crippen LogP contribution in [0.15, 0.2) is 91.3 Å². The molecule has 0 bridgehead atoms. The van der Waals surface area contributed by atoms with E-state index in [-0.39, 0.29) is 11.4 Å². The number of hydrogen-bond donors (Lipinski definition) is 2. The van der Waals surface area contributed by atoms with Crippen LogP contribution in [0, 0.1) is 18.3 Å². The quantitative estimate of drug-likeness (QED) is 0.360. The smallest absolute Gasteiger partial charge is 0.256 e. The molecule has 5 rings (SSSR count). The van der Waals surface area contributed by atoms with Crippen molar-refractivity contribution < 1.29 is 4.79 Å². The van der Waals surface area contributed by atoms with Crippen LogP contribution in [0.3, 0.4) is 0 Å². The van der Waals surface area contributed by atoms with Gasteiger partial charge >= 0.3 is 0 Å². The van der Waals surface area contributed by atoms with E-state index in [9.17, 15) is 10.1 Å². The van der Waals surface area contributed by atoms with Crippen LogP contribution in [0.4, 0.5) is 17.3 Å². The maximum atomic E-state index is 13.1. The molecule has 5 aromatic rings. The highest BCUT2D eigenvalue weighted by Gasteiger charge is 2.17. The number of nitrogens with zero attached hydrogens (tertiary/aromatic N) is 6. The summed E-state index contributed by atoms with van der Waals surface area (Å²) < 4.78 is 1.42. The van der Waals surface area contributed by atoms with Gasteiger partial charge in [-0.2, -0.15) is 15.0 Å². The van der Waals surface area contributed by atoms with Crippen LogP contribution >= 0.6 is 0 Å². The molecule has 36 heavy (non-hydrogen) atoms. The van der Waals surface area contributed by atoms with Crippen molar-refractivity contribution in [2.24, 2.45) is 0 Å². The van der Waals surface area contributed by atoms with E-state index in [1.807, 2.05) is 49.4 Å². The maximum Gasteiger partial charge on any atom is 0.256 e. The summed E-state index contributed by atoms with van der Waals surface area (Å²) in [6.07, 6.45) is 3.01. The predicted molar refractivity (Wildman–Crippen MR) is 136 cm³/mol. The van der Waals surface area contributed by atoms with Gasteiger partial charge in [0.15, 0.2) is 11.6 Å². The number of carbonyl (C=O) groups excluding carboxylic acids is 1. The van der Waals surface area contributed by atoms with Gasteiger partial charge in [0.2, 0.25) is 0 Å². The summed E-state index contributed by atoms with van der Waals surface area (Å²) in [6, 6.07) is 26.1. The first-order valence-electron chi connectivity index (χ1n) is 11.1. The number of benzene rings is 2. The summed E-state index contributed by atoms with van der Waals surface area (Å²) in [4.78, 5) is 26.4. The van der Waals surface area contributed by atoms with Gasteiger partial charge in [-0.15, -0.1) is 0 Å². The molecule has 9 nitrogen and oxygen atoms in total. The molecule has 1 amide bonds. The van der Waals surface area contributed by atoms with Crippen molar-refractivity contribution in [3.8, 4) is 23.1 Å². The predicted octanol–water partition coefficient (Wildman–Crippen LogP) is 4.90. The third-order valence-electron chi connectivity index (χ3n) is 5.29. The van der Waals surface area contributed by atoms with Gasteiger partial charge in [-0.3, -0.25) is 4.79 Å². The van der Waals surface area contributed by atoms with E-state index in [0.717, 1.165) is 11.3 Å². The number of carbonyl (C=O) groups is 1. The highest BCUT2D eigenvalue weighted by atomic mass is 16.1. The highest BCUT2D eigenvalue weighted by Crippen LogP contribution is 2.24. The molecule has 0 aliphatic rings. The molecule has 0 aliphatic heterocycles. The molecule has 2 aromatic carbocycles. The second kappa shape index (κ2) is 9.87. The zero-order valence-corrected chi connectivity index (χ0v) is 19.3. The number of anilines is 3. The number of aromatic nitrogens is 5. The first kappa shape index (κ1) is 22.4. The first-order chi connectivity index (χ1) is 17.6. The molecule has 3 aromatic heterocycles. The van der Waals surface area contributed by atoms with Crippen molar-refractivity contribution in [1.82, 2.24) is 24.7 Å². The van der Waals surface area contributed by atoms with Crippen LogP contribution in [-0.4, -0.2) is 30.6 Å². The largest absolute Gasteiger partial charge is 0.340 e. The van der Waals surface area contributed by atoms with Gasteiger partial charge < -0.3 is 10.6 Å². The minimum atomic E-state index is -0.392. The molecule has 3 heterocycles. The Balaban J connectivity index is 1.39. The van der Waals surface area contributed by atoms with Gasteiger partial charge in [0.05, 0.1) is 11.9 Å². The molecule has 0 radical (unpaired) electrons. The number of aryl methyl sites for hydroxylation is 1. The van der Waals surface area contributed by atoms with Crippen LogP contribution < -0.4 is 10.6 Å². The lowest BCUT2D eigenvalue weighted by Crippen LogP contribution is -2.16. The van der Waals surface area contributed by atoms with E-state index in [0.29, 0.717) is 28.7 Å². The summed E-state index contributed by atoms with van der Waals surface area (Å²) in [5.41, 5.74) is 3.08. The first-order valence-corrected chi connectivity index (χ1v) is 11.1. The number of hydrogen-bond acceptors (Lipinski definition) is 7. The second-order valence-electron chi connectivity index (χ2n) is 7.83. The zero-order valence-electron chi connectivity index (χ0n) is 19.3. The van der Waals surface area contributed by atoms with Crippen molar-refractivity contribution in [3.63, 3.8) is 0 Å². The number of nitriles is 1. The van der Waals surface area contributed by atoms with Crippen molar-refractivity contribution >= 4 is 23.2 Å². The molecule has 9 heteroatoms. The molecular formula is C27H20N8O. The Hall–Kier alpha value is -5.36. The summed E-state index contributed by atoms with van der Waals surface area (Å²) in [7, 11) is 0. The van der Waals surface area contributed by atoms with Crippen LogP contribution in [0.25, 0.3) is 17.1 Å². The average Bonchev–Trinajstić information content (AvgIpc) is 3.32. The molecule has 0 spiro atoms. The Kier molecular flexibility index (Phi) is 6.15. The van der Waals surface area contributed by atoms with Gasteiger partial charge in [-0.25, -0.2) is 15.0 Å². The Labute approximate surface area is 207 Å². The summed E-state index contributed by atoms with van der Waals surface area (Å²) in [5, 5.41) is 19.8. The van der Waals surface area contributed by atoms with E-state index in [1.54, 1.807) is 42.6 Å². The van der Waals surface area contributed by atoms with Gasteiger partial charge in [0, 0.05) is 29.1 Å². The molecule has 174 valence electrons. The average molecular weight is 473 g/mol. The topological polar surface area (TPSA) is 121 Å². The third kappa shape index (κ3) is 4.78. The molecule has 0 saturated heterocycles. The van der Waals surface area contributed by atoms with E-state index in [4.69, 9.17) is 0 Å². The molecule has 2 N–H and O–H groups in total.